The van der Waals surface area contributed by atoms with Gasteiger partial charge in [-0.25, -0.2) is 0 Å². The molecule has 6 nitrogen and oxygen atoms in total. The Balaban J connectivity index is 1.73. The molecular weight excluding hydrogens is 352 g/mol. The van der Waals surface area contributed by atoms with Crippen LogP contribution in [0.3, 0.4) is 0 Å². The molecule has 0 spiro atoms. The molecule has 3 aliphatic heterocycles. The highest BCUT2D eigenvalue weighted by Crippen LogP contribution is 2.42. The Hall–Kier alpha value is -2.05. The number of rotatable bonds is 4. The van der Waals surface area contributed by atoms with Gasteiger partial charge < -0.3 is 20.3 Å². The van der Waals surface area contributed by atoms with Gasteiger partial charge in [0.25, 0.3) is 5.91 Å². The van der Waals surface area contributed by atoms with Crippen LogP contribution in [0, 0.1) is 0 Å². The van der Waals surface area contributed by atoms with Crippen molar-refractivity contribution in [3.8, 4) is 0 Å². The predicted molar refractivity (Wildman–Crippen MR) is 114 cm³/mol. The van der Waals surface area contributed by atoms with E-state index in [1.807, 2.05) is 4.90 Å². The van der Waals surface area contributed by atoms with Crippen LogP contribution < -0.4 is 15.5 Å². The molecule has 2 saturated heterocycles. The van der Waals surface area contributed by atoms with Crippen LogP contribution >= 0.6 is 0 Å². The minimum Gasteiger partial charge on any atom is -0.383 e. The topological polar surface area (TPSA) is 56.8 Å². The standard InChI is InChI=1S/C22H32N4O2/c1-14(2)24-16-5-6-20-18(11-16)21(19-13-28-10-8-23-19)22(27)26(20)17-7-9-25(12-17)15(3)4/h5-6,11,14-15,17,23-24H,7-10,12-13H2,1-4H3/b21-19-/t17-/m0/s1. The minimum atomic E-state index is 0.111. The second kappa shape index (κ2) is 7.76. The summed E-state index contributed by atoms with van der Waals surface area (Å²) < 4.78 is 5.65. The van der Waals surface area contributed by atoms with E-state index in [-0.39, 0.29) is 11.9 Å². The summed E-state index contributed by atoms with van der Waals surface area (Å²) in [7, 11) is 0. The maximum atomic E-state index is 13.6. The van der Waals surface area contributed by atoms with Crippen molar-refractivity contribution in [2.45, 2.75) is 52.2 Å². The molecular formula is C22H32N4O2. The number of nitrogens with zero attached hydrogens (tertiary/aromatic N) is 2. The first-order valence-corrected chi connectivity index (χ1v) is 10.5. The van der Waals surface area contributed by atoms with E-state index in [1.165, 1.54) is 0 Å². The van der Waals surface area contributed by atoms with Crippen LogP contribution in [0.1, 0.15) is 39.7 Å². The van der Waals surface area contributed by atoms with Crippen LogP contribution in [-0.4, -0.2) is 61.8 Å². The zero-order valence-electron chi connectivity index (χ0n) is 17.4. The molecule has 2 fully saturated rings. The molecule has 0 bridgehead atoms. The van der Waals surface area contributed by atoms with Crippen molar-refractivity contribution in [2.24, 2.45) is 0 Å². The summed E-state index contributed by atoms with van der Waals surface area (Å²) in [5.41, 5.74) is 4.80. The Bertz CT molecular complexity index is 779. The van der Waals surface area contributed by atoms with Gasteiger partial charge in [0.1, 0.15) is 0 Å². The lowest BCUT2D eigenvalue weighted by atomic mass is 10.0. The van der Waals surface area contributed by atoms with Crippen molar-refractivity contribution in [2.75, 3.05) is 43.1 Å². The maximum absolute atomic E-state index is 13.6. The van der Waals surface area contributed by atoms with Crippen molar-refractivity contribution in [1.29, 1.82) is 0 Å². The van der Waals surface area contributed by atoms with E-state index >= 15 is 0 Å². The van der Waals surface area contributed by atoms with Crippen molar-refractivity contribution >= 4 is 22.9 Å². The van der Waals surface area contributed by atoms with E-state index in [2.05, 4.69) is 61.4 Å². The van der Waals surface area contributed by atoms with E-state index in [0.717, 1.165) is 54.3 Å². The summed E-state index contributed by atoms with van der Waals surface area (Å²) in [4.78, 5) is 18.1. The SMILES string of the molecule is CC(C)Nc1ccc2c(c1)/C(=C1\COCCN1)C(=O)N2[C@H]1CCN(C(C)C)C1. The number of hydrogen-bond donors (Lipinski definition) is 2. The van der Waals surface area contributed by atoms with Gasteiger partial charge in [-0.15, -0.1) is 0 Å². The first kappa shape index (κ1) is 19.3. The number of ether oxygens (including phenoxy) is 1. The van der Waals surface area contributed by atoms with Crippen LogP contribution in [0.5, 0.6) is 0 Å². The van der Waals surface area contributed by atoms with Gasteiger partial charge in [-0.1, -0.05) is 0 Å². The molecule has 0 aliphatic carbocycles. The summed E-state index contributed by atoms with van der Waals surface area (Å²) in [6.45, 7) is 12.6. The number of fused-ring (bicyclic) bond motifs is 1. The van der Waals surface area contributed by atoms with Gasteiger partial charge in [0, 0.05) is 43.0 Å². The van der Waals surface area contributed by atoms with E-state index in [4.69, 9.17) is 4.74 Å². The average molecular weight is 385 g/mol. The Kier molecular flexibility index (Phi) is 5.34. The van der Waals surface area contributed by atoms with Gasteiger partial charge in [0.15, 0.2) is 0 Å². The number of carbonyl (C=O) groups is 1. The lowest BCUT2D eigenvalue weighted by molar-refractivity contribution is -0.113. The Morgan fingerprint density at radius 1 is 1.25 bits per heavy atom. The minimum absolute atomic E-state index is 0.111. The third-order valence-corrected chi connectivity index (χ3v) is 5.84. The zero-order chi connectivity index (χ0) is 19.8. The summed E-state index contributed by atoms with van der Waals surface area (Å²) in [5.74, 6) is 0.111. The van der Waals surface area contributed by atoms with Crippen LogP contribution in [0.15, 0.2) is 23.9 Å². The number of likely N-dealkylation sites (tertiary alicyclic amines) is 1. The molecule has 3 aliphatic rings. The molecule has 6 heteroatoms. The average Bonchev–Trinajstić information content (AvgIpc) is 3.24. The largest absolute Gasteiger partial charge is 0.383 e. The smallest absolute Gasteiger partial charge is 0.261 e. The van der Waals surface area contributed by atoms with Crippen molar-refractivity contribution < 1.29 is 9.53 Å². The molecule has 0 unspecified atom stereocenters. The molecule has 3 heterocycles. The van der Waals surface area contributed by atoms with Crippen LogP contribution in [0.2, 0.25) is 0 Å². The second-order valence-corrected chi connectivity index (χ2v) is 8.57. The van der Waals surface area contributed by atoms with E-state index in [1.54, 1.807) is 0 Å². The first-order chi connectivity index (χ1) is 13.5. The van der Waals surface area contributed by atoms with Crippen molar-refractivity contribution in [1.82, 2.24) is 10.2 Å². The summed E-state index contributed by atoms with van der Waals surface area (Å²) >= 11 is 0. The molecule has 4 rings (SSSR count). The number of anilines is 2. The summed E-state index contributed by atoms with van der Waals surface area (Å²) in [6.07, 6.45) is 1.02. The third kappa shape index (κ3) is 3.51. The number of morpholine rings is 1. The Morgan fingerprint density at radius 3 is 2.71 bits per heavy atom. The van der Waals surface area contributed by atoms with Crippen LogP contribution in [0.25, 0.3) is 5.57 Å². The third-order valence-electron chi connectivity index (χ3n) is 5.84. The predicted octanol–water partition coefficient (Wildman–Crippen LogP) is 2.67. The second-order valence-electron chi connectivity index (χ2n) is 8.57. The highest BCUT2D eigenvalue weighted by molar-refractivity contribution is 6.33. The molecule has 1 atom stereocenters. The fourth-order valence-corrected chi connectivity index (χ4v) is 4.48. The van der Waals surface area contributed by atoms with Gasteiger partial charge in [-0.05, 0) is 52.3 Å². The Labute approximate surface area is 167 Å². The van der Waals surface area contributed by atoms with Gasteiger partial charge in [-0.3, -0.25) is 9.69 Å². The van der Waals surface area contributed by atoms with E-state index in [0.29, 0.717) is 25.3 Å². The molecule has 28 heavy (non-hydrogen) atoms. The molecule has 152 valence electrons. The molecule has 2 N–H and O–H groups in total. The number of hydrogen-bond acceptors (Lipinski definition) is 5. The van der Waals surface area contributed by atoms with Crippen LogP contribution in [-0.2, 0) is 9.53 Å². The number of benzene rings is 1. The molecule has 1 aromatic carbocycles. The molecule has 0 saturated carbocycles. The highest BCUT2D eigenvalue weighted by Gasteiger charge is 2.41. The summed E-state index contributed by atoms with van der Waals surface area (Å²) in [6, 6.07) is 7.39. The van der Waals surface area contributed by atoms with Crippen molar-refractivity contribution in [3.63, 3.8) is 0 Å². The molecule has 0 aromatic heterocycles. The van der Waals surface area contributed by atoms with Crippen LogP contribution in [0.4, 0.5) is 11.4 Å². The zero-order valence-corrected chi connectivity index (χ0v) is 17.4. The molecule has 1 amide bonds. The molecule has 0 radical (unpaired) electrons. The lowest BCUT2D eigenvalue weighted by Gasteiger charge is -2.27. The fraction of sp³-hybridized carbons (Fsp3) is 0.591. The quantitative estimate of drug-likeness (QED) is 0.782. The summed E-state index contributed by atoms with van der Waals surface area (Å²) in [5, 5.41) is 6.87. The Morgan fingerprint density at radius 2 is 2.07 bits per heavy atom. The number of nitrogens with one attached hydrogen (secondary N) is 2. The monoisotopic (exact) mass is 384 g/mol. The van der Waals surface area contributed by atoms with Gasteiger partial charge in [-0.2, -0.15) is 0 Å². The van der Waals surface area contributed by atoms with Gasteiger partial charge in [0.2, 0.25) is 0 Å². The molecule has 1 aromatic rings. The fourth-order valence-electron chi connectivity index (χ4n) is 4.48. The van der Waals surface area contributed by atoms with Gasteiger partial charge >= 0.3 is 0 Å². The maximum Gasteiger partial charge on any atom is 0.261 e. The van der Waals surface area contributed by atoms with Crippen molar-refractivity contribution in [3.05, 3.63) is 29.5 Å². The first-order valence-electron chi connectivity index (χ1n) is 10.5. The van der Waals surface area contributed by atoms with Gasteiger partial charge in [0.05, 0.1) is 36.2 Å². The lowest BCUT2D eigenvalue weighted by Crippen LogP contribution is -2.41. The highest BCUT2D eigenvalue weighted by atomic mass is 16.5. The normalized spacial score (nSPS) is 25.6. The number of amides is 1. The van der Waals surface area contributed by atoms with E-state index in [9.17, 15) is 4.79 Å². The van der Waals surface area contributed by atoms with E-state index < -0.39 is 0 Å². The number of carbonyl (C=O) groups excluding carboxylic acids is 1.